The summed E-state index contributed by atoms with van der Waals surface area (Å²) >= 11 is 4.91. The average molecular weight is 587 g/mol. The van der Waals surface area contributed by atoms with E-state index in [1.54, 1.807) is 12.1 Å². The first-order valence-corrected chi connectivity index (χ1v) is 14.4. The Morgan fingerprint density at radius 2 is 1.78 bits per heavy atom. The average Bonchev–Trinajstić information content (AvgIpc) is 2.87. The number of benzene rings is 2. The zero-order chi connectivity index (χ0) is 26.4. The number of Topliss-reactive ketones (excluding diaryl/α,β-unsaturated/α-hetero) is 2. The van der Waals surface area contributed by atoms with Crippen LogP contribution in [-0.2, 0) is 14.9 Å². The lowest BCUT2D eigenvalue weighted by Crippen LogP contribution is -2.51. The summed E-state index contributed by atoms with van der Waals surface area (Å²) in [7, 11) is 0. The molecule has 6 nitrogen and oxygen atoms in total. The van der Waals surface area contributed by atoms with Gasteiger partial charge in [0.25, 0.3) is 0 Å². The number of β-amino-alcohol motifs (C(OH)–C–C–N with tert-alkyl or cyclic N) is 1. The second-order valence-electron chi connectivity index (χ2n) is 11.1. The van der Waals surface area contributed by atoms with Crippen molar-refractivity contribution in [2.75, 3.05) is 32.0 Å². The van der Waals surface area contributed by atoms with Gasteiger partial charge in [-0.1, -0.05) is 48.8 Å². The monoisotopic (exact) mass is 585 g/mol. The SMILES string of the molecule is CC(C)(C)c1ccc(OC[C@@H](O)CN2CCC3(CC2)CSC2=C(O3)c3cc(Br)ccc3C(=O)C2=O)cc1. The Balaban J connectivity index is 1.17. The molecule has 0 aromatic heterocycles. The van der Waals surface area contributed by atoms with E-state index in [1.807, 2.05) is 18.2 Å². The van der Waals surface area contributed by atoms with E-state index >= 15 is 0 Å². The molecule has 1 saturated heterocycles. The number of allylic oxidation sites excluding steroid dienone is 1. The maximum absolute atomic E-state index is 12.7. The topological polar surface area (TPSA) is 76.1 Å². The van der Waals surface area contributed by atoms with Crippen LogP contribution in [0.2, 0.25) is 0 Å². The second kappa shape index (κ2) is 10.2. The molecule has 3 aliphatic rings. The molecular weight excluding hydrogens is 554 g/mol. The van der Waals surface area contributed by atoms with Crippen molar-refractivity contribution in [3.63, 3.8) is 0 Å². The van der Waals surface area contributed by atoms with E-state index in [0.29, 0.717) is 34.1 Å². The fourth-order valence-corrected chi connectivity index (χ4v) is 6.64. The molecule has 0 unspecified atom stereocenters. The van der Waals surface area contributed by atoms with Crippen molar-refractivity contribution in [2.24, 2.45) is 0 Å². The van der Waals surface area contributed by atoms with Gasteiger partial charge in [0.2, 0.25) is 11.6 Å². The highest BCUT2D eigenvalue weighted by Gasteiger charge is 2.46. The van der Waals surface area contributed by atoms with Crippen LogP contribution in [0, 0.1) is 0 Å². The van der Waals surface area contributed by atoms with E-state index in [4.69, 9.17) is 9.47 Å². The van der Waals surface area contributed by atoms with Gasteiger partial charge in [0.1, 0.15) is 34.7 Å². The molecule has 5 rings (SSSR count). The first kappa shape index (κ1) is 26.5. The van der Waals surface area contributed by atoms with Gasteiger partial charge >= 0.3 is 0 Å². The Hall–Kier alpha value is -2.13. The molecule has 1 spiro atoms. The summed E-state index contributed by atoms with van der Waals surface area (Å²) in [6.45, 7) is 8.85. The number of fused-ring (bicyclic) bond motifs is 2. The Bertz CT molecular complexity index is 1240. The number of ketones is 2. The number of hydrogen-bond acceptors (Lipinski definition) is 7. The van der Waals surface area contributed by atoms with Crippen molar-refractivity contribution in [3.8, 4) is 5.75 Å². The van der Waals surface area contributed by atoms with Gasteiger partial charge in [0.05, 0.1) is 0 Å². The molecule has 196 valence electrons. The van der Waals surface area contributed by atoms with E-state index in [1.165, 1.54) is 17.3 Å². The van der Waals surface area contributed by atoms with Crippen molar-refractivity contribution in [1.29, 1.82) is 0 Å². The Labute approximate surface area is 230 Å². The van der Waals surface area contributed by atoms with E-state index in [-0.39, 0.29) is 12.0 Å². The van der Waals surface area contributed by atoms with Crippen LogP contribution >= 0.6 is 27.7 Å². The third-order valence-electron chi connectivity index (χ3n) is 7.29. The maximum Gasteiger partial charge on any atom is 0.243 e. The number of rotatable bonds is 5. The number of aliphatic hydroxyl groups is 1. The molecule has 2 heterocycles. The number of piperidine rings is 1. The minimum atomic E-state index is -0.599. The summed E-state index contributed by atoms with van der Waals surface area (Å²) in [6.07, 6.45) is 0.965. The minimum absolute atomic E-state index is 0.0898. The number of ether oxygens (including phenoxy) is 2. The Kier molecular flexibility index (Phi) is 7.31. The summed E-state index contributed by atoms with van der Waals surface area (Å²) in [5, 5.41) is 10.6. The first-order valence-electron chi connectivity index (χ1n) is 12.6. The van der Waals surface area contributed by atoms with Crippen LogP contribution in [0.15, 0.2) is 51.8 Å². The highest BCUT2D eigenvalue weighted by molar-refractivity contribution is 9.10. The van der Waals surface area contributed by atoms with Crippen LogP contribution in [0.4, 0.5) is 0 Å². The van der Waals surface area contributed by atoms with Crippen LogP contribution in [0.1, 0.15) is 55.1 Å². The van der Waals surface area contributed by atoms with E-state index in [0.717, 1.165) is 36.2 Å². The lowest BCUT2D eigenvalue weighted by Gasteiger charge is -2.45. The van der Waals surface area contributed by atoms with Crippen LogP contribution in [0.25, 0.3) is 5.76 Å². The minimum Gasteiger partial charge on any atom is -0.491 e. The quantitative estimate of drug-likeness (QED) is 0.482. The molecule has 2 aliphatic heterocycles. The van der Waals surface area contributed by atoms with Gasteiger partial charge in [-0.25, -0.2) is 0 Å². The molecule has 1 N–H and O–H groups in total. The van der Waals surface area contributed by atoms with E-state index in [9.17, 15) is 14.7 Å². The molecule has 8 heteroatoms. The summed E-state index contributed by atoms with van der Waals surface area (Å²) in [4.78, 5) is 28.0. The van der Waals surface area contributed by atoms with Crippen molar-refractivity contribution < 1.29 is 24.2 Å². The number of thioether (sulfide) groups is 1. The van der Waals surface area contributed by atoms with E-state index in [2.05, 4.69) is 53.7 Å². The molecule has 0 amide bonds. The number of nitrogens with zero attached hydrogens (tertiary/aromatic N) is 1. The highest BCUT2D eigenvalue weighted by atomic mass is 79.9. The second-order valence-corrected chi connectivity index (χ2v) is 13.0. The largest absolute Gasteiger partial charge is 0.491 e. The fourth-order valence-electron chi connectivity index (χ4n) is 5.02. The number of likely N-dealkylation sites (tertiary alicyclic amines) is 1. The van der Waals surface area contributed by atoms with Crippen molar-refractivity contribution in [1.82, 2.24) is 4.90 Å². The number of carbonyl (C=O) groups is 2. The van der Waals surface area contributed by atoms with Crippen LogP contribution in [-0.4, -0.2) is 65.3 Å². The molecule has 0 bridgehead atoms. The number of hydrogen-bond donors (Lipinski definition) is 1. The van der Waals surface area contributed by atoms with Crippen molar-refractivity contribution in [3.05, 3.63) is 68.5 Å². The van der Waals surface area contributed by atoms with E-state index < -0.39 is 23.3 Å². The van der Waals surface area contributed by atoms with Crippen LogP contribution < -0.4 is 4.74 Å². The summed E-state index contributed by atoms with van der Waals surface area (Å²) in [5.74, 6) is 0.992. The predicted octanol–water partition coefficient (Wildman–Crippen LogP) is 5.22. The summed E-state index contributed by atoms with van der Waals surface area (Å²) in [6, 6.07) is 13.4. The van der Waals surface area contributed by atoms with Gasteiger partial charge in [-0.2, -0.15) is 0 Å². The summed E-state index contributed by atoms with van der Waals surface area (Å²) < 4.78 is 13.2. The zero-order valence-corrected chi connectivity index (χ0v) is 23.8. The van der Waals surface area contributed by atoms with Gasteiger partial charge in [-0.3, -0.25) is 9.59 Å². The Morgan fingerprint density at radius 3 is 2.46 bits per heavy atom. The molecular formula is C29H32BrNO5S. The van der Waals surface area contributed by atoms with Gasteiger partial charge in [0, 0.05) is 53.8 Å². The lowest BCUT2D eigenvalue weighted by atomic mass is 9.87. The smallest absolute Gasteiger partial charge is 0.243 e. The van der Waals surface area contributed by atoms with Gasteiger partial charge in [0.15, 0.2) is 0 Å². The molecule has 0 radical (unpaired) electrons. The lowest BCUT2D eigenvalue weighted by molar-refractivity contribution is -0.111. The number of aliphatic hydroxyl groups excluding tert-OH is 1. The van der Waals surface area contributed by atoms with Gasteiger partial charge in [-0.15, -0.1) is 11.8 Å². The first-order chi connectivity index (χ1) is 17.5. The predicted molar refractivity (Wildman–Crippen MR) is 149 cm³/mol. The third-order valence-corrected chi connectivity index (χ3v) is 9.11. The normalized spacial score (nSPS) is 20.4. The van der Waals surface area contributed by atoms with Crippen molar-refractivity contribution >= 4 is 45.0 Å². The maximum atomic E-state index is 12.7. The van der Waals surface area contributed by atoms with Crippen molar-refractivity contribution in [2.45, 2.75) is 50.7 Å². The third kappa shape index (κ3) is 5.53. The molecule has 1 atom stereocenters. The Morgan fingerprint density at radius 1 is 1.08 bits per heavy atom. The number of halogens is 1. The number of carbonyl (C=O) groups excluding carboxylic acids is 2. The molecule has 0 saturated carbocycles. The zero-order valence-electron chi connectivity index (χ0n) is 21.4. The molecule has 2 aromatic rings. The summed E-state index contributed by atoms with van der Waals surface area (Å²) in [5.41, 5.74) is 2.03. The van der Waals surface area contributed by atoms with Gasteiger partial charge < -0.3 is 19.5 Å². The standard InChI is InChI=1S/C29H32BrNO5S/c1-28(2,3)18-4-7-21(8-5-18)35-16-20(32)15-31-12-10-29(11-13-31)17-37-27-25(34)24(33)22-9-6-19(30)14-23(22)26(27)36-29/h4-9,14,20,32H,10-13,15-17H2,1-3H3/t20-/m0/s1. The van der Waals surface area contributed by atoms with Crippen LogP contribution in [0.5, 0.6) is 5.75 Å². The van der Waals surface area contributed by atoms with Crippen LogP contribution in [0.3, 0.4) is 0 Å². The van der Waals surface area contributed by atoms with Gasteiger partial charge in [-0.05, 0) is 41.3 Å². The fraction of sp³-hybridized carbons (Fsp3) is 0.448. The molecule has 2 aromatic carbocycles. The molecule has 1 aliphatic carbocycles. The molecule has 1 fully saturated rings. The highest BCUT2D eigenvalue weighted by Crippen LogP contribution is 2.47. The molecule has 37 heavy (non-hydrogen) atoms.